The number of nitrogens with one attached hydrogen (secondary N) is 2. The van der Waals surface area contributed by atoms with Crippen LogP contribution >= 0.6 is 0 Å². The molecule has 5 rings (SSSR count). The lowest BCUT2D eigenvalue weighted by Gasteiger charge is -2.35. The van der Waals surface area contributed by atoms with Gasteiger partial charge in [0.05, 0.1) is 12.2 Å². The first kappa shape index (κ1) is 22.6. The van der Waals surface area contributed by atoms with Crippen molar-refractivity contribution in [1.29, 1.82) is 0 Å². The molecule has 1 unspecified atom stereocenters. The summed E-state index contributed by atoms with van der Waals surface area (Å²) in [5.74, 6) is 0. The normalized spacial score (nSPS) is 18.6. The van der Waals surface area contributed by atoms with Crippen molar-refractivity contribution in [2.45, 2.75) is 59.2 Å². The number of urea groups is 1. The van der Waals surface area contributed by atoms with Gasteiger partial charge in [0.1, 0.15) is 0 Å². The van der Waals surface area contributed by atoms with Crippen LogP contribution in [0.15, 0.2) is 36.5 Å². The lowest BCUT2D eigenvalue weighted by molar-refractivity contribution is 0.160. The number of likely N-dealkylation sites (tertiary alicyclic amines) is 1. The van der Waals surface area contributed by atoms with Crippen LogP contribution in [0.5, 0.6) is 0 Å². The van der Waals surface area contributed by atoms with Gasteiger partial charge in [0.15, 0.2) is 0 Å². The average molecular weight is 459 g/mol. The second-order valence-electron chi connectivity index (χ2n) is 9.78. The summed E-state index contributed by atoms with van der Waals surface area (Å²) in [5, 5.41) is 11.1. The number of carbonyl (C=O) groups is 1. The number of nitrogens with zero attached hydrogens (tertiary/aromatic N) is 4. The maximum Gasteiger partial charge on any atom is 0.317 e. The summed E-state index contributed by atoms with van der Waals surface area (Å²) in [5.41, 5.74) is 9.28. The molecule has 7 nitrogen and oxygen atoms in total. The largest absolute Gasteiger partial charge is 0.334 e. The fourth-order valence-corrected chi connectivity index (χ4v) is 5.30. The maximum absolute atomic E-state index is 13.2. The van der Waals surface area contributed by atoms with Crippen LogP contribution < -0.4 is 5.32 Å². The molecule has 2 N–H and O–H groups in total. The van der Waals surface area contributed by atoms with Gasteiger partial charge in [-0.15, -0.1) is 0 Å². The highest BCUT2D eigenvalue weighted by atomic mass is 16.2. The number of pyridine rings is 1. The number of aromatic amines is 1. The minimum Gasteiger partial charge on any atom is -0.334 e. The summed E-state index contributed by atoms with van der Waals surface area (Å²) in [4.78, 5) is 21.9. The molecule has 34 heavy (non-hydrogen) atoms. The van der Waals surface area contributed by atoms with E-state index in [0.717, 1.165) is 67.1 Å². The van der Waals surface area contributed by atoms with Crippen LogP contribution in [0.4, 0.5) is 4.79 Å². The summed E-state index contributed by atoms with van der Waals surface area (Å²) < 4.78 is 0. The first-order valence-electron chi connectivity index (χ1n) is 12.3. The van der Waals surface area contributed by atoms with E-state index in [4.69, 9.17) is 0 Å². The number of rotatable bonds is 4. The highest BCUT2D eigenvalue weighted by Crippen LogP contribution is 2.28. The van der Waals surface area contributed by atoms with Crippen molar-refractivity contribution in [3.63, 3.8) is 0 Å². The molecule has 3 aromatic rings. The van der Waals surface area contributed by atoms with Crippen molar-refractivity contribution >= 4 is 6.03 Å². The Hall–Kier alpha value is -3.19. The summed E-state index contributed by atoms with van der Waals surface area (Å²) in [6.07, 6.45) is 4.74. The third-order valence-corrected chi connectivity index (χ3v) is 7.25. The predicted octanol–water partition coefficient (Wildman–Crippen LogP) is 4.13. The lowest BCUT2D eigenvalue weighted by Crippen LogP contribution is -2.52. The van der Waals surface area contributed by atoms with Crippen molar-refractivity contribution in [1.82, 2.24) is 30.3 Å². The van der Waals surface area contributed by atoms with Crippen molar-refractivity contribution in [2.75, 3.05) is 19.6 Å². The Kier molecular flexibility index (Phi) is 6.37. The smallest absolute Gasteiger partial charge is 0.317 e. The monoisotopic (exact) mass is 458 g/mol. The second kappa shape index (κ2) is 9.58. The standard InChI is InChI=1S/C27H34N6O/c1-18-6-4-7-19(2)23(18)16-32-12-5-8-22(15-32)29-27(34)33-13-10-25-24(17-33)26(31-30-25)21-9-11-28-20(3)14-21/h4,6-7,9,11,14,22H,5,8,10,12-13,15-17H2,1-3H3,(H,29,34)(H,30,31). The van der Waals surface area contributed by atoms with E-state index in [0.29, 0.717) is 13.1 Å². The van der Waals surface area contributed by atoms with Crippen molar-refractivity contribution in [3.05, 3.63) is 70.2 Å². The molecule has 0 aliphatic carbocycles. The molecule has 0 spiro atoms. The number of piperidine rings is 1. The zero-order chi connectivity index (χ0) is 23.7. The van der Waals surface area contributed by atoms with Crippen LogP contribution in [0.3, 0.4) is 0 Å². The zero-order valence-electron chi connectivity index (χ0n) is 20.4. The number of amides is 2. The molecule has 178 valence electrons. The van der Waals surface area contributed by atoms with Crippen LogP contribution in [0.2, 0.25) is 0 Å². The van der Waals surface area contributed by atoms with Crippen LogP contribution in [0.1, 0.15) is 46.5 Å². The Labute approximate surface area is 201 Å². The van der Waals surface area contributed by atoms with E-state index >= 15 is 0 Å². The lowest BCUT2D eigenvalue weighted by atomic mass is 10.00. The number of fused-ring (bicyclic) bond motifs is 1. The van der Waals surface area contributed by atoms with E-state index in [1.165, 1.54) is 16.7 Å². The fraction of sp³-hybridized carbons (Fsp3) is 0.444. The van der Waals surface area contributed by atoms with E-state index < -0.39 is 0 Å². The van der Waals surface area contributed by atoms with Gasteiger partial charge in [-0.05, 0) is 69.0 Å². The van der Waals surface area contributed by atoms with Gasteiger partial charge in [-0.1, -0.05) is 18.2 Å². The molecule has 0 radical (unpaired) electrons. The molecular formula is C27H34N6O. The molecule has 1 atom stereocenters. The maximum atomic E-state index is 13.2. The molecule has 1 aromatic carbocycles. The Balaban J connectivity index is 1.23. The molecule has 1 fully saturated rings. The van der Waals surface area contributed by atoms with E-state index in [1.807, 2.05) is 30.2 Å². The molecule has 1 saturated heterocycles. The summed E-state index contributed by atoms with van der Waals surface area (Å²) in [7, 11) is 0. The number of hydrogen-bond donors (Lipinski definition) is 2. The first-order valence-corrected chi connectivity index (χ1v) is 12.3. The number of H-pyrrole nitrogens is 1. The quantitative estimate of drug-likeness (QED) is 0.616. The van der Waals surface area contributed by atoms with E-state index in [2.05, 4.69) is 57.4 Å². The summed E-state index contributed by atoms with van der Waals surface area (Å²) >= 11 is 0. The van der Waals surface area contributed by atoms with E-state index in [9.17, 15) is 4.79 Å². The molecular weight excluding hydrogens is 424 g/mol. The Morgan fingerprint density at radius 3 is 2.79 bits per heavy atom. The van der Waals surface area contributed by atoms with Crippen molar-refractivity contribution in [3.8, 4) is 11.3 Å². The highest BCUT2D eigenvalue weighted by molar-refractivity contribution is 5.76. The SMILES string of the molecule is Cc1cc(-c2n[nH]c3c2CN(C(=O)NC2CCCN(Cc4c(C)cccc4C)C2)CC3)ccn1. The van der Waals surface area contributed by atoms with Crippen LogP contribution in [0.25, 0.3) is 11.3 Å². The number of aromatic nitrogens is 3. The van der Waals surface area contributed by atoms with Gasteiger partial charge in [-0.3, -0.25) is 15.0 Å². The third kappa shape index (κ3) is 4.71. The van der Waals surface area contributed by atoms with E-state index in [-0.39, 0.29) is 12.1 Å². The molecule has 0 bridgehead atoms. The molecule has 2 aliphatic rings. The van der Waals surface area contributed by atoms with Gasteiger partial charge in [-0.2, -0.15) is 5.10 Å². The van der Waals surface area contributed by atoms with E-state index in [1.54, 1.807) is 0 Å². The number of carbonyl (C=O) groups excluding carboxylic acids is 1. The fourth-order valence-electron chi connectivity index (χ4n) is 5.30. The van der Waals surface area contributed by atoms with Gasteiger partial charge in [0.25, 0.3) is 0 Å². The van der Waals surface area contributed by atoms with Gasteiger partial charge in [0.2, 0.25) is 0 Å². The van der Waals surface area contributed by atoms with Gasteiger partial charge in [-0.25, -0.2) is 4.79 Å². The molecule has 4 heterocycles. The van der Waals surface area contributed by atoms with Crippen LogP contribution in [-0.2, 0) is 19.5 Å². The molecule has 2 amide bonds. The molecule has 7 heteroatoms. The Morgan fingerprint density at radius 2 is 2.00 bits per heavy atom. The number of aryl methyl sites for hydroxylation is 3. The minimum atomic E-state index is 0.0302. The highest BCUT2D eigenvalue weighted by Gasteiger charge is 2.28. The van der Waals surface area contributed by atoms with Gasteiger partial charge < -0.3 is 10.2 Å². The Morgan fingerprint density at radius 1 is 1.18 bits per heavy atom. The average Bonchev–Trinajstić information content (AvgIpc) is 3.25. The van der Waals surface area contributed by atoms with Crippen molar-refractivity contribution in [2.24, 2.45) is 0 Å². The zero-order valence-corrected chi connectivity index (χ0v) is 20.4. The predicted molar refractivity (Wildman–Crippen MR) is 133 cm³/mol. The third-order valence-electron chi connectivity index (χ3n) is 7.25. The first-order chi connectivity index (χ1) is 16.5. The van der Waals surface area contributed by atoms with Crippen LogP contribution in [0, 0.1) is 20.8 Å². The minimum absolute atomic E-state index is 0.0302. The Bertz CT molecular complexity index is 1170. The van der Waals surface area contributed by atoms with Gasteiger partial charge >= 0.3 is 6.03 Å². The summed E-state index contributed by atoms with van der Waals surface area (Å²) in [6.45, 7) is 10.6. The summed E-state index contributed by atoms with van der Waals surface area (Å²) in [6, 6.07) is 10.7. The van der Waals surface area contributed by atoms with Gasteiger partial charge in [0, 0.05) is 60.8 Å². The molecule has 0 saturated carbocycles. The molecule has 2 aliphatic heterocycles. The molecule has 2 aromatic heterocycles. The second-order valence-corrected chi connectivity index (χ2v) is 9.78. The number of benzene rings is 1. The van der Waals surface area contributed by atoms with Crippen molar-refractivity contribution < 1.29 is 4.79 Å². The topological polar surface area (TPSA) is 77.2 Å². The number of hydrogen-bond acceptors (Lipinski definition) is 4. The van der Waals surface area contributed by atoms with Crippen LogP contribution in [-0.4, -0.2) is 56.7 Å².